The number of hydrogen-bond donors (Lipinski definition) is 1. The minimum atomic E-state index is 0.610. The summed E-state index contributed by atoms with van der Waals surface area (Å²) in [5.41, 5.74) is 2.52. The second kappa shape index (κ2) is 5.87. The molecule has 0 amide bonds. The van der Waals surface area contributed by atoms with E-state index in [0.29, 0.717) is 6.04 Å². The summed E-state index contributed by atoms with van der Waals surface area (Å²) < 4.78 is 1.18. The fourth-order valence-electron chi connectivity index (χ4n) is 2.34. The molecular formula is C14H21BrN2. The Morgan fingerprint density at radius 1 is 1.29 bits per heavy atom. The molecule has 1 N–H and O–H groups in total. The molecule has 1 unspecified atom stereocenters. The molecular weight excluding hydrogens is 276 g/mol. The molecule has 0 radical (unpaired) electrons. The van der Waals surface area contributed by atoms with Crippen LogP contribution in [0.15, 0.2) is 22.7 Å². The number of nitrogens with one attached hydrogen (secondary N) is 1. The fourth-order valence-corrected chi connectivity index (χ4v) is 2.95. The molecule has 2 nitrogen and oxygen atoms in total. The van der Waals surface area contributed by atoms with Crippen molar-refractivity contribution in [2.24, 2.45) is 0 Å². The Hall–Kier alpha value is -0.540. The number of aryl methyl sites for hydroxylation is 1. The van der Waals surface area contributed by atoms with Crippen molar-refractivity contribution in [3.63, 3.8) is 0 Å². The molecule has 1 heterocycles. The number of anilines is 1. The largest absolute Gasteiger partial charge is 0.381 e. The van der Waals surface area contributed by atoms with Crippen LogP contribution in [0.5, 0.6) is 0 Å². The third-order valence-electron chi connectivity index (χ3n) is 3.44. The number of halogens is 1. The Morgan fingerprint density at radius 3 is 2.88 bits per heavy atom. The quantitative estimate of drug-likeness (QED) is 0.896. The highest BCUT2D eigenvalue weighted by molar-refractivity contribution is 9.10. The number of hydrogen-bond acceptors (Lipinski definition) is 2. The van der Waals surface area contributed by atoms with E-state index in [2.05, 4.69) is 58.3 Å². The van der Waals surface area contributed by atoms with Gasteiger partial charge in [0.1, 0.15) is 0 Å². The zero-order valence-electron chi connectivity index (χ0n) is 10.7. The Balaban J connectivity index is 2.00. The molecule has 1 fully saturated rings. The molecule has 0 bridgehead atoms. The molecule has 3 heteroatoms. The second-order valence-electron chi connectivity index (χ2n) is 5.06. The van der Waals surface area contributed by atoms with Crippen molar-refractivity contribution in [3.8, 4) is 0 Å². The van der Waals surface area contributed by atoms with E-state index in [0.717, 1.165) is 0 Å². The van der Waals surface area contributed by atoms with E-state index in [-0.39, 0.29) is 0 Å². The second-order valence-corrected chi connectivity index (χ2v) is 5.91. The van der Waals surface area contributed by atoms with Gasteiger partial charge in [-0.1, -0.05) is 6.07 Å². The maximum Gasteiger partial charge on any atom is 0.0486 e. The van der Waals surface area contributed by atoms with Crippen LogP contribution >= 0.6 is 15.9 Å². The summed E-state index contributed by atoms with van der Waals surface area (Å²) in [4.78, 5) is 2.42. The maximum atomic E-state index is 3.66. The van der Waals surface area contributed by atoms with E-state index in [9.17, 15) is 0 Å². The summed E-state index contributed by atoms with van der Waals surface area (Å²) in [5, 5.41) is 3.66. The normalized spacial score (nSPS) is 22.2. The lowest BCUT2D eigenvalue weighted by atomic mass is 10.1. The lowest BCUT2D eigenvalue weighted by molar-refractivity contribution is 0.348. The predicted molar refractivity (Wildman–Crippen MR) is 77.6 cm³/mol. The lowest BCUT2D eigenvalue weighted by Gasteiger charge is -2.19. The van der Waals surface area contributed by atoms with Gasteiger partial charge in [0, 0.05) is 16.2 Å². The first-order valence-electron chi connectivity index (χ1n) is 6.36. The summed E-state index contributed by atoms with van der Waals surface area (Å²) in [6.07, 6.45) is 3.79. The summed E-state index contributed by atoms with van der Waals surface area (Å²) >= 11 is 3.63. The van der Waals surface area contributed by atoms with Gasteiger partial charge >= 0.3 is 0 Å². The van der Waals surface area contributed by atoms with Crippen LogP contribution in [0.25, 0.3) is 0 Å². The monoisotopic (exact) mass is 296 g/mol. The molecule has 1 aliphatic heterocycles. The van der Waals surface area contributed by atoms with Crippen LogP contribution in [0.1, 0.15) is 24.8 Å². The summed E-state index contributed by atoms with van der Waals surface area (Å²) in [6.45, 7) is 4.55. The first-order chi connectivity index (χ1) is 8.15. The van der Waals surface area contributed by atoms with E-state index in [1.165, 1.54) is 48.1 Å². The molecule has 0 aliphatic carbocycles. The van der Waals surface area contributed by atoms with Crippen LogP contribution in [0.3, 0.4) is 0 Å². The van der Waals surface area contributed by atoms with Crippen molar-refractivity contribution < 1.29 is 0 Å². The highest BCUT2D eigenvalue weighted by Crippen LogP contribution is 2.25. The van der Waals surface area contributed by atoms with E-state index >= 15 is 0 Å². The first kappa shape index (κ1) is 12.9. The zero-order valence-corrected chi connectivity index (χ0v) is 12.3. The average Bonchev–Trinajstić information content (AvgIpc) is 2.48. The molecule has 1 atom stereocenters. The van der Waals surface area contributed by atoms with Gasteiger partial charge in [0.05, 0.1) is 0 Å². The van der Waals surface area contributed by atoms with Gasteiger partial charge in [0.25, 0.3) is 0 Å². The van der Waals surface area contributed by atoms with Crippen molar-refractivity contribution in [1.29, 1.82) is 0 Å². The molecule has 17 heavy (non-hydrogen) atoms. The fraction of sp³-hybridized carbons (Fsp3) is 0.571. The van der Waals surface area contributed by atoms with Crippen LogP contribution < -0.4 is 5.32 Å². The third kappa shape index (κ3) is 3.71. The van der Waals surface area contributed by atoms with Gasteiger partial charge in [0.15, 0.2) is 0 Å². The van der Waals surface area contributed by atoms with Crippen LogP contribution in [0, 0.1) is 6.92 Å². The Kier molecular flexibility index (Phi) is 4.46. The van der Waals surface area contributed by atoms with Gasteiger partial charge in [0.2, 0.25) is 0 Å². The van der Waals surface area contributed by atoms with Crippen LogP contribution in [-0.4, -0.2) is 31.1 Å². The SMILES string of the molecule is Cc1ccc(NC2CCCN(C)CC2)c(Br)c1. The number of nitrogens with zero attached hydrogens (tertiary/aromatic N) is 1. The van der Waals surface area contributed by atoms with E-state index in [1.54, 1.807) is 0 Å². The van der Waals surface area contributed by atoms with Gasteiger partial charge in [-0.05, 0) is 79.9 Å². The molecule has 0 spiro atoms. The van der Waals surface area contributed by atoms with E-state index in [4.69, 9.17) is 0 Å². The average molecular weight is 297 g/mol. The smallest absolute Gasteiger partial charge is 0.0486 e. The van der Waals surface area contributed by atoms with Crippen molar-refractivity contribution in [1.82, 2.24) is 4.90 Å². The molecule has 0 aromatic heterocycles. The summed E-state index contributed by atoms with van der Waals surface area (Å²) in [7, 11) is 2.21. The lowest BCUT2D eigenvalue weighted by Crippen LogP contribution is -2.23. The Bertz CT molecular complexity index is 378. The number of rotatable bonds is 2. The van der Waals surface area contributed by atoms with E-state index in [1.807, 2.05) is 0 Å². The predicted octanol–water partition coefficient (Wildman–Crippen LogP) is 3.65. The standard InChI is InChI=1S/C14H21BrN2/c1-11-5-6-14(13(15)10-11)16-12-4-3-8-17(2)9-7-12/h5-6,10,12,16H,3-4,7-9H2,1-2H3. The van der Waals surface area contributed by atoms with Crippen molar-refractivity contribution in [2.75, 3.05) is 25.5 Å². The first-order valence-corrected chi connectivity index (χ1v) is 7.15. The van der Waals surface area contributed by atoms with Crippen LogP contribution in [0.2, 0.25) is 0 Å². The molecule has 2 rings (SSSR count). The Labute approximate surface area is 113 Å². The molecule has 1 saturated heterocycles. The van der Waals surface area contributed by atoms with Gasteiger partial charge in [-0.2, -0.15) is 0 Å². The van der Waals surface area contributed by atoms with Crippen molar-refractivity contribution >= 4 is 21.6 Å². The van der Waals surface area contributed by atoms with Crippen molar-refractivity contribution in [2.45, 2.75) is 32.2 Å². The van der Waals surface area contributed by atoms with Crippen LogP contribution in [0.4, 0.5) is 5.69 Å². The Morgan fingerprint density at radius 2 is 2.12 bits per heavy atom. The zero-order chi connectivity index (χ0) is 12.3. The van der Waals surface area contributed by atoms with Crippen molar-refractivity contribution in [3.05, 3.63) is 28.2 Å². The van der Waals surface area contributed by atoms with E-state index < -0.39 is 0 Å². The van der Waals surface area contributed by atoms with Gasteiger partial charge < -0.3 is 10.2 Å². The van der Waals surface area contributed by atoms with Gasteiger partial charge in [-0.25, -0.2) is 0 Å². The molecule has 94 valence electrons. The van der Waals surface area contributed by atoms with Gasteiger partial charge in [-0.15, -0.1) is 0 Å². The summed E-state index contributed by atoms with van der Waals surface area (Å²) in [6, 6.07) is 7.12. The highest BCUT2D eigenvalue weighted by atomic mass is 79.9. The number of likely N-dealkylation sites (tertiary alicyclic amines) is 1. The molecule has 0 saturated carbocycles. The third-order valence-corrected chi connectivity index (χ3v) is 4.09. The molecule has 1 aliphatic rings. The maximum absolute atomic E-state index is 3.66. The molecule has 1 aromatic carbocycles. The topological polar surface area (TPSA) is 15.3 Å². The minimum absolute atomic E-state index is 0.610. The summed E-state index contributed by atoms with van der Waals surface area (Å²) in [5.74, 6) is 0. The highest BCUT2D eigenvalue weighted by Gasteiger charge is 2.15. The minimum Gasteiger partial charge on any atom is -0.381 e. The number of benzene rings is 1. The van der Waals surface area contributed by atoms with Crippen LogP contribution in [-0.2, 0) is 0 Å². The molecule has 1 aromatic rings. The van der Waals surface area contributed by atoms with Gasteiger partial charge in [-0.3, -0.25) is 0 Å².